The van der Waals surface area contributed by atoms with Crippen LogP contribution in [0.5, 0.6) is 0 Å². The number of rotatable bonds is 3. The molecule has 2 aromatic heterocycles. The Labute approximate surface area is 132 Å². The summed E-state index contributed by atoms with van der Waals surface area (Å²) in [6, 6.07) is 7.90. The van der Waals surface area contributed by atoms with Gasteiger partial charge in [0, 0.05) is 10.7 Å². The molecule has 20 heavy (non-hydrogen) atoms. The van der Waals surface area contributed by atoms with E-state index in [0.717, 1.165) is 20.3 Å². The number of benzene rings is 1. The number of hydrogen-bond donors (Lipinski definition) is 1. The zero-order chi connectivity index (χ0) is 13.9. The second kappa shape index (κ2) is 5.72. The number of halogens is 2. The van der Waals surface area contributed by atoms with Crippen molar-refractivity contribution in [2.75, 3.05) is 5.32 Å². The number of anilines is 2. The average molecular weight is 395 g/mol. The second-order valence-electron chi connectivity index (χ2n) is 3.97. The van der Waals surface area contributed by atoms with Crippen LogP contribution in [-0.2, 0) is 0 Å². The SMILES string of the molecule is Brc1ccccc1-n1cc(Nc2ncncc2Br)cn1. The highest BCUT2D eigenvalue weighted by molar-refractivity contribution is 9.11. The quantitative estimate of drug-likeness (QED) is 0.731. The highest BCUT2D eigenvalue weighted by Crippen LogP contribution is 2.24. The van der Waals surface area contributed by atoms with Gasteiger partial charge >= 0.3 is 0 Å². The summed E-state index contributed by atoms with van der Waals surface area (Å²) in [4.78, 5) is 8.08. The molecule has 0 amide bonds. The highest BCUT2D eigenvalue weighted by Gasteiger charge is 2.06. The van der Waals surface area contributed by atoms with Gasteiger partial charge in [-0.05, 0) is 44.0 Å². The lowest BCUT2D eigenvalue weighted by Crippen LogP contribution is -1.96. The van der Waals surface area contributed by atoms with Crippen LogP contribution in [-0.4, -0.2) is 19.7 Å². The Morgan fingerprint density at radius 2 is 1.90 bits per heavy atom. The number of nitrogens with zero attached hydrogens (tertiary/aromatic N) is 4. The molecule has 0 saturated heterocycles. The fourth-order valence-electron chi connectivity index (χ4n) is 1.70. The Kier molecular flexibility index (Phi) is 3.79. The molecule has 0 aliphatic carbocycles. The topological polar surface area (TPSA) is 55.6 Å². The van der Waals surface area contributed by atoms with Crippen LogP contribution in [0.15, 0.2) is 58.1 Å². The number of hydrogen-bond acceptors (Lipinski definition) is 4. The fraction of sp³-hybridized carbons (Fsp3) is 0. The predicted octanol–water partition coefficient (Wildman–Crippen LogP) is 3.93. The van der Waals surface area contributed by atoms with Crippen molar-refractivity contribution in [3.8, 4) is 5.69 Å². The van der Waals surface area contributed by atoms with Gasteiger partial charge in [-0.15, -0.1) is 0 Å². The van der Waals surface area contributed by atoms with Gasteiger partial charge in [0.05, 0.1) is 28.2 Å². The van der Waals surface area contributed by atoms with E-state index >= 15 is 0 Å². The molecule has 0 aliphatic rings. The molecule has 3 aromatic rings. The normalized spacial score (nSPS) is 10.5. The molecule has 0 atom stereocenters. The Hall–Kier alpha value is -1.73. The van der Waals surface area contributed by atoms with Crippen molar-refractivity contribution in [3.05, 3.63) is 58.1 Å². The van der Waals surface area contributed by atoms with Gasteiger partial charge in [0.25, 0.3) is 0 Å². The van der Waals surface area contributed by atoms with E-state index in [1.165, 1.54) is 6.33 Å². The second-order valence-corrected chi connectivity index (χ2v) is 5.68. The van der Waals surface area contributed by atoms with Crippen molar-refractivity contribution in [2.45, 2.75) is 0 Å². The Bertz CT molecular complexity index is 741. The highest BCUT2D eigenvalue weighted by atomic mass is 79.9. The first kappa shape index (κ1) is 13.3. The molecular weight excluding hydrogens is 386 g/mol. The maximum absolute atomic E-state index is 4.34. The van der Waals surface area contributed by atoms with Gasteiger partial charge in [0.1, 0.15) is 12.1 Å². The number of aromatic nitrogens is 4. The van der Waals surface area contributed by atoms with Gasteiger partial charge < -0.3 is 5.32 Å². The van der Waals surface area contributed by atoms with Gasteiger partial charge in [-0.25, -0.2) is 14.6 Å². The molecule has 100 valence electrons. The zero-order valence-electron chi connectivity index (χ0n) is 10.2. The van der Waals surface area contributed by atoms with E-state index in [2.05, 4.69) is 52.2 Å². The van der Waals surface area contributed by atoms with E-state index in [4.69, 9.17) is 0 Å². The van der Waals surface area contributed by atoms with Crippen LogP contribution in [0, 0.1) is 0 Å². The van der Waals surface area contributed by atoms with Crippen molar-refractivity contribution in [3.63, 3.8) is 0 Å². The van der Waals surface area contributed by atoms with Crippen LogP contribution < -0.4 is 5.32 Å². The van der Waals surface area contributed by atoms with Crippen LogP contribution >= 0.6 is 31.9 Å². The first-order valence-electron chi connectivity index (χ1n) is 5.76. The van der Waals surface area contributed by atoms with Crippen molar-refractivity contribution < 1.29 is 0 Å². The van der Waals surface area contributed by atoms with Gasteiger partial charge in [-0.3, -0.25) is 0 Å². The third-order valence-electron chi connectivity index (χ3n) is 2.61. The summed E-state index contributed by atoms with van der Waals surface area (Å²) >= 11 is 6.91. The minimum absolute atomic E-state index is 0.701. The third-order valence-corrected chi connectivity index (χ3v) is 3.86. The molecule has 5 nitrogen and oxygen atoms in total. The minimum Gasteiger partial charge on any atom is -0.337 e. The lowest BCUT2D eigenvalue weighted by Gasteiger charge is -2.04. The minimum atomic E-state index is 0.701. The van der Waals surface area contributed by atoms with Crippen LogP contribution in [0.2, 0.25) is 0 Å². The predicted molar refractivity (Wildman–Crippen MR) is 84.3 cm³/mol. The summed E-state index contributed by atoms with van der Waals surface area (Å²) in [5.41, 5.74) is 1.82. The van der Waals surface area contributed by atoms with Gasteiger partial charge in [0.15, 0.2) is 0 Å². The maximum atomic E-state index is 4.34. The van der Waals surface area contributed by atoms with E-state index in [-0.39, 0.29) is 0 Å². The Morgan fingerprint density at radius 1 is 1.05 bits per heavy atom. The summed E-state index contributed by atoms with van der Waals surface area (Å²) in [5.74, 6) is 0.701. The molecule has 3 rings (SSSR count). The van der Waals surface area contributed by atoms with Gasteiger partial charge in [-0.2, -0.15) is 5.10 Å². The molecule has 0 bridgehead atoms. The molecule has 0 spiro atoms. The third kappa shape index (κ3) is 2.73. The Balaban J connectivity index is 1.88. The van der Waals surface area contributed by atoms with Gasteiger partial charge in [0.2, 0.25) is 0 Å². The fourth-order valence-corrected chi connectivity index (χ4v) is 2.48. The zero-order valence-corrected chi connectivity index (χ0v) is 13.3. The molecule has 1 N–H and O–H groups in total. The van der Waals surface area contributed by atoms with Crippen LogP contribution in [0.25, 0.3) is 5.69 Å². The van der Waals surface area contributed by atoms with Crippen LogP contribution in [0.3, 0.4) is 0 Å². The number of para-hydroxylation sites is 1. The molecule has 0 aliphatic heterocycles. The molecule has 0 unspecified atom stereocenters. The average Bonchev–Trinajstić information content (AvgIpc) is 2.90. The van der Waals surface area contributed by atoms with E-state index in [0.29, 0.717) is 5.82 Å². The summed E-state index contributed by atoms with van der Waals surface area (Å²) < 4.78 is 3.58. The van der Waals surface area contributed by atoms with Crippen molar-refractivity contribution in [1.29, 1.82) is 0 Å². The first-order valence-corrected chi connectivity index (χ1v) is 7.35. The Morgan fingerprint density at radius 3 is 2.70 bits per heavy atom. The van der Waals surface area contributed by atoms with Crippen molar-refractivity contribution in [1.82, 2.24) is 19.7 Å². The largest absolute Gasteiger partial charge is 0.337 e. The molecular formula is C13H9Br2N5. The molecule has 0 fully saturated rings. The maximum Gasteiger partial charge on any atom is 0.148 e. The van der Waals surface area contributed by atoms with Gasteiger partial charge in [-0.1, -0.05) is 12.1 Å². The van der Waals surface area contributed by atoms with E-state index in [1.54, 1.807) is 17.1 Å². The van der Waals surface area contributed by atoms with E-state index < -0.39 is 0 Å². The van der Waals surface area contributed by atoms with Crippen LogP contribution in [0.1, 0.15) is 0 Å². The molecule has 2 heterocycles. The van der Waals surface area contributed by atoms with E-state index in [1.807, 2.05) is 30.5 Å². The first-order chi connectivity index (χ1) is 9.74. The van der Waals surface area contributed by atoms with Crippen LogP contribution in [0.4, 0.5) is 11.5 Å². The monoisotopic (exact) mass is 393 g/mol. The summed E-state index contributed by atoms with van der Waals surface area (Å²) in [6.07, 6.45) is 6.82. The van der Waals surface area contributed by atoms with E-state index in [9.17, 15) is 0 Å². The smallest absolute Gasteiger partial charge is 0.148 e. The summed E-state index contributed by atoms with van der Waals surface area (Å²) in [5, 5.41) is 7.52. The number of nitrogens with one attached hydrogen (secondary N) is 1. The standard InChI is InChI=1S/C13H9Br2N5/c14-10-3-1-2-4-12(10)20-7-9(5-18-20)19-13-11(15)6-16-8-17-13/h1-8H,(H,16,17,19). The van der Waals surface area contributed by atoms with Crippen molar-refractivity contribution in [2.24, 2.45) is 0 Å². The molecule has 0 saturated carbocycles. The van der Waals surface area contributed by atoms with Crippen molar-refractivity contribution >= 4 is 43.4 Å². The molecule has 1 aromatic carbocycles. The summed E-state index contributed by atoms with van der Waals surface area (Å²) in [7, 11) is 0. The molecule has 0 radical (unpaired) electrons. The lowest BCUT2D eigenvalue weighted by molar-refractivity contribution is 0.876. The summed E-state index contributed by atoms with van der Waals surface area (Å²) in [6.45, 7) is 0. The molecule has 7 heteroatoms. The lowest BCUT2D eigenvalue weighted by atomic mass is 10.3.